The van der Waals surface area contributed by atoms with Gasteiger partial charge in [-0.15, -0.1) is 5.11 Å². The Labute approximate surface area is 99.4 Å². The molecule has 1 aromatic carbocycles. The molecule has 0 spiro atoms. The molecule has 0 atom stereocenters. The topological polar surface area (TPSA) is 75.4 Å². The molecule has 0 aliphatic rings. The lowest BCUT2D eigenvalue weighted by Crippen LogP contribution is -2.18. The van der Waals surface area contributed by atoms with Gasteiger partial charge in [-0.1, -0.05) is 35.6 Å². The molecule has 1 N–H and O–H groups in total. The van der Waals surface area contributed by atoms with Crippen LogP contribution in [0.2, 0.25) is 0 Å². The largest absolute Gasteiger partial charge is 0.443 e. The van der Waals surface area contributed by atoms with Crippen LogP contribution in [0.5, 0.6) is 0 Å². The molecular formula is C11H14N4O2. The lowest BCUT2D eigenvalue weighted by Gasteiger charge is -2.02. The highest BCUT2D eigenvalue weighted by molar-refractivity contribution is 5.79. The lowest BCUT2D eigenvalue weighted by molar-refractivity contribution is 0.139. The number of nitrogens with zero attached hydrogens (tertiary/aromatic N) is 3. The summed E-state index contributed by atoms with van der Waals surface area (Å²) >= 11 is 0. The summed E-state index contributed by atoms with van der Waals surface area (Å²) in [4.78, 5) is 14.9. The van der Waals surface area contributed by atoms with E-state index in [0.717, 1.165) is 5.56 Å². The van der Waals surface area contributed by atoms with Gasteiger partial charge in [-0.2, -0.15) is 5.43 Å². The zero-order valence-electron chi connectivity index (χ0n) is 9.75. The summed E-state index contributed by atoms with van der Waals surface area (Å²) < 4.78 is 4.90. The Morgan fingerprint density at radius 1 is 1.35 bits per heavy atom. The van der Waals surface area contributed by atoms with Crippen LogP contribution >= 0.6 is 0 Å². The fraction of sp³-hybridized carbons (Fsp3) is 0.273. The Balaban J connectivity index is 2.29. The first kappa shape index (κ1) is 12.8. The summed E-state index contributed by atoms with van der Waals surface area (Å²) in [5.74, 6) is 0.466. The van der Waals surface area contributed by atoms with Crippen molar-refractivity contribution in [2.75, 3.05) is 7.05 Å². The lowest BCUT2D eigenvalue weighted by atomic mass is 10.2. The van der Waals surface area contributed by atoms with E-state index in [1.54, 1.807) is 14.0 Å². The first-order chi connectivity index (χ1) is 8.22. The monoisotopic (exact) mass is 234 g/mol. The smallest absolute Gasteiger partial charge is 0.429 e. The highest BCUT2D eigenvalue weighted by Crippen LogP contribution is 2.00. The van der Waals surface area contributed by atoms with Crippen LogP contribution in [0.4, 0.5) is 4.79 Å². The van der Waals surface area contributed by atoms with Crippen LogP contribution in [0.1, 0.15) is 12.5 Å². The molecule has 0 fully saturated rings. The SMILES string of the molecule is C/N=C(C)\N=N/NC(=O)OCc1ccccc1. The van der Waals surface area contributed by atoms with Gasteiger partial charge in [-0.25, -0.2) is 4.79 Å². The van der Waals surface area contributed by atoms with Crippen LogP contribution in [-0.4, -0.2) is 19.0 Å². The maximum absolute atomic E-state index is 11.2. The molecule has 0 saturated carbocycles. The van der Waals surface area contributed by atoms with Gasteiger partial charge in [-0.3, -0.25) is 4.99 Å². The van der Waals surface area contributed by atoms with E-state index in [1.807, 2.05) is 30.3 Å². The van der Waals surface area contributed by atoms with Gasteiger partial charge >= 0.3 is 6.09 Å². The minimum Gasteiger partial charge on any atom is -0.443 e. The number of amides is 1. The van der Waals surface area contributed by atoms with Crippen molar-refractivity contribution in [2.24, 2.45) is 15.3 Å². The summed E-state index contributed by atoms with van der Waals surface area (Å²) in [5, 5.41) is 7.02. The van der Waals surface area contributed by atoms with Crippen molar-refractivity contribution in [1.82, 2.24) is 5.43 Å². The number of benzene rings is 1. The minimum atomic E-state index is -0.651. The number of aliphatic imine (C=N–C) groups is 1. The van der Waals surface area contributed by atoms with Crippen LogP contribution in [0.3, 0.4) is 0 Å². The maximum atomic E-state index is 11.2. The third-order valence-electron chi connectivity index (χ3n) is 1.87. The standard InChI is InChI=1S/C11H14N4O2/c1-9(12-2)13-15-14-11(16)17-8-10-6-4-3-5-7-10/h3-7H,8H2,1-2H3,(H,12,13,14,16). The fourth-order valence-electron chi connectivity index (χ4n) is 0.938. The van der Waals surface area contributed by atoms with Gasteiger partial charge in [-0.05, 0) is 12.5 Å². The Kier molecular flexibility index (Phi) is 5.36. The van der Waals surface area contributed by atoms with Crippen LogP contribution in [0, 0.1) is 0 Å². The maximum Gasteiger partial charge on any atom is 0.429 e. The number of ether oxygens (including phenoxy) is 1. The molecule has 6 heteroatoms. The molecule has 1 aromatic rings. The molecule has 0 aliphatic heterocycles. The second-order valence-electron chi connectivity index (χ2n) is 3.14. The van der Waals surface area contributed by atoms with Gasteiger partial charge in [0.25, 0.3) is 0 Å². The van der Waals surface area contributed by atoms with Gasteiger partial charge in [0.2, 0.25) is 0 Å². The van der Waals surface area contributed by atoms with E-state index < -0.39 is 6.09 Å². The Morgan fingerprint density at radius 2 is 2.06 bits per heavy atom. The van der Waals surface area contributed by atoms with Crippen molar-refractivity contribution >= 4 is 11.9 Å². The molecule has 1 rings (SSSR count). The van der Waals surface area contributed by atoms with Crippen molar-refractivity contribution in [3.8, 4) is 0 Å². The van der Waals surface area contributed by atoms with Gasteiger partial charge in [0, 0.05) is 7.05 Å². The number of carbonyl (C=O) groups excluding carboxylic acids is 1. The second-order valence-corrected chi connectivity index (χ2v) is 3.14. The zero-order valence-corrected chi connectivity index (χ0v) is 9.75. The number of hydrogen-bond donors (Lipinski definition) is 1. The molecule has 0 heterocycles. The predicted molar refractivity (Wildman–Crippen MR) is 63.7 cm³/mol. The Bertz CT molecular complexity index is 415. The fourth-order valence-corrected chi connectivity index (χ4v) is 0.938. The Morgan fingerprint density at radius 3 is 2.71 bits per heavy atom. The summed E-state index contributed by atoms with van der Waals surface area (Å²) in [6, 6.07) is 9.37. The van der Waals surface area contributed by atoms with E-state index in [1.165, 1.54) is 0 Å². The van der Waals surface area contributed by atoms with Crippen LogP contribution in [0.15, 0.2) is 45.7 Å². The van der Waals surface area contributed by atoms with Crippen molar-refractivity contribution < 1.29 is 9.53 Å². The second kappa shape index (κ2) is 7.10. The molecule has 1 amide bonds. The van der Waals surface area contributed by atoms with Crippen LogP contribution in [0.25, 0.3) is 0 Å². The number of amidine groups is 1. The average molecular weight is 234 g/mol. The molecule has 0 unspecified atom stereocenters. The molecular weight excluding hydrogens is 220 g/mol. The predicted octanol–water partition coefficient (Wildman–Crippen LogP) is 2.33. The molecule has 0 aromatic heterocycles. The molecule has 90 valence electrons. The summed E-state index contributed by atoms with van der Waals surface area (Å²) in [5.41, 5.74) is 3.04. The van der Waals surface area contributed by atoms with E-state index in [0.29, 0.717) is 5.84 Å². The van der Waals surface area contributed by atoms with Gasteiger partial charge in [0.1, 0.15) is 12.4 Å². The molecule has 0 radical (unpaired) electrons. The highest BCUT2D eigenvalue weighted by atomic mass is 16.6. The van der Waals surface area contributed by atoms with Gasteiger partial charge in [0.05, 0.1) is 0 Å². The molecule has 0 bridgehead atoms. The average Bonchev–Trinajstić information content (AvgIpc) is 2.37. The zero-order chi connectivity index (χ0) is 12.5. The summed E-state index contributed by atoms with van der Waals surface area (Å²) in [7, 11) is 1.59. The van der Waals surface area contributed by atoms with Crippen molar-refractivity contribution in [3.05, 3.63) is 35.9 Å². The molecule has 0 aliphatic carbocycles. The molecule has 17 heavy (non-hydrogen) atoms. The van der Waals surface area contributed by atoms with E-state index in [-0.39, 0.29) is 6.61 Å². The third kappa shape index (κ3) is 5.41. The highest BCUT2D eigenvalue weighted by Gasteiger charge is 2.00. The number of carbonyl (C=O) groups is 1. The van der Waals surface area contributed by atoms with E-state index >= 15 is 0 Å². The van der Waals surface area contributed by atoms with Gasteiger partial charge < -0.3 is 4.74 Å². The quantitative estimate of drug-likeness (QED) is 0.377. The van der Waals surface area contributed by atoms with E-state index in [2.05, 4.69) is 20.8 Å². The Hall–Kier alpha value is -2.24. The number of hydrogen-bond acceptors (Lipinski definition) is 4. The van der Waals surface area contributed by atoms with E-state index in [4.69, 9.17) is 4.74 Å². The van der Waals surface area contributed by atoms with Gasteiger partial charge in [0.15, 0.2) is 0 Å². The van der Waals surface area contributed by atoms with Crippen molar-refractivity contribution in [2.45, 2.75) is 13.5 Å². The number of nitrogens with one attached hydrogen (secondary N) is 1. The molecule has 0 saturated heterocycles. The van der Waals surface area contributed by atoms with Crippen LogP contribution < -0.4 is 5.43 Å². The number of rotatable bonds is 3. The van der Waals surface area contributed by atoms with Crippen LogP contribution in [-0.2, 0) is 11.3 Å². The third-order valence-corrected chi connectivity index (χ3v) is 1.87. The first-order valence-corrected chi connectivity index (χ1v) is 5.03. The molecule has 6 nitrogen and oxygen atoms in total. The summed E-state index contributed by atoms with van der Waals surface area (Å²) in [6.07, 6.45) is -0.651. The summed E-state index contributed by atoms with van der Waals surface area (Å²) in [6.45, 7) is 1.86. The van der Waals surface area contributed by atoms with E-state index in [9.17, 15) is 4.79 Å². The van der Waals surface area contributed by atoms with Crippen molar-refractivity contribution in [1.29, 1.82) is 0 Å². The normalized spacial score (nSPS) is 11.5. The van der Waals surface area contributed by atoms with Crippen molar-refractivity contribution in [3.63, 3.8) is 0 Å². The first-order valence-electron chi connectivity index (χ1n) is 5.03. The minimum absolute atomic E-state index is 0.197.